The van der Waals surface area contributed by atoms with Crippen molar-refractivity contribution in [2.24, 2.45) is 4.99 Å². The molecule has 7 heteroatoms. The lowest BCUT2D eigenvalue weighted by molar-refractivity contribution is 0.0773. The van der Waals surface area contributed by atoms with Crippen LogP contribution in [-0.2, 0) is 6.54 Å². The van der Waals surface area contributed by atoms with Crippen molar-refractivity contribution in [3.05, 3.63) is 53.6 Å². The molecule has 0 fully saturated rings. The lowest BCUT2D eigenvalue weighted by Gasteiger charge is -2.18. The van der Waals surface area contributed by atoms with Gasteiger partial charge < -0.3 is 25.0 Å². The predicted octanol–water partition coefficient (Wildman–Crippen LogP) is 3.37. The third-order valence-corrected chi connectivity index (χ3v) is 4.58. The van der Waals surface area contributed by atoms with Crippen LogP contribution in [-0.4, -0.2) is 51.1 Å². The van der Waals surface area contributed by atoms with Crippen LogP contribution in [0.3, 0.4) is 0 Å². The molecule has 2 aromatic carbocycles. The van der Waals surface area contributed by atoms with E-state index in [4.69, 9.17) is 9.47 Å². The van der Waals surface area contributed by atoms with E-state index in [0.717, 1.165) is 11.3 Å². The molecule has 0 heterocycles. The number of guanidine groups is 1. The first-order valence-corrected chi connectivity index (χ1v) is 9.64. The Labute approximate surface area is 172 Å². The summed E-state index contributed by atoms with van der Waals surface area (Å²) < 4.78 is 10.6. The summed E-state index contributed by atoms with van der Waals surface area (Å²) in [5.74, 6) is 1.99. The molecule has 29 heavy (non-hydrogen) atoms. The minimum absolute atomic E-state index is 0.0560. The Kier molecular flexibility index (Phi) is 8.33. The molecule has 0 bridgehead atoms. The number of aliphatic imine (C=N–C) groups is 1. The average Bonchev–Trinajstić information content (AvgIpc) is 2.77. The summed E-state index contributed by atoms with van der Waals surface area (Å²) >= 11 is 0. The van der Waals surface area contributed by atoms with Crippen LogP contribution in [0.2, 0.25) is 0 Å². The van der Waals surface area contributed by atoms with Crippen LogP contribution in [0.5, 0.6) is 11.5 Å². The standard InChI is InChI=1S/C22H30N4O3/c1-6-26(7-2)21(27)17-10-8-16(9-11-17)15-24-22(23-3)25-18-12-13-19(28-4)20(14-18)29-5/h8-14H,6-7,15H2,1-5H3,(H2,23,24,25). The molecule has 0 radical (unpaired) electrons. The first-order valence-electron chi connectivity index (χ1n) is 9.64. The Balaban J connectivity index is 1.98. The highest BCUT2D eigenvalue weighted by Crippen LogP contribution is 2.29. The normalized spacial score (nSPS) is 11.0. The van der Waals surface area contributed by atoms with Gasteiger partial charge in [-0.05, 0) is 43.7 Å². The van der Waals surface area contributed by atoms with Gasteiger partial charge in [0, 0.05) is 44.0 Å². The molecule has 0 aromatic heterocycles. The number of hydrogen-bond donors (Lipinski definition) is 2. The molecule has 1 amide bonds. The highest BCUT2D eigenvalue weighted by atomic mass is 16.5. The summed E-state index contributed by atoms with van der Waals surface area (Å²) in [7, 11) is 4.91. The molecular weight excluding hydrogens is 368 g/mol. The number of amides is 1. The summed E-state index contributed by atoms with van der Waals surface area (Å²) in [5.41, 5.74) is 2.58. The Morgan fingerprint density at radius 3 is 2.21 bits per heavy atom. The van der Waals surface area contributed by atoms with Crippen molar-refractivity contribution in [2.75, 3.05) is 39.7 Å². The lowest BCUT2D eigenvalue weighted by Crippen LogP contribution is -2.31. The second kappa shape index (κ2) is 10.9. The molecule has 0 aliphatic carbocycles. The number of carbonyl (C=O) groups is 1. The summed E-state index contributed by atoms with van der Waals surface area (Å²) in [6.45, 7) is 5.95. The molecule has 0 aliphatic rings. The molecule has 0 spiro atoms. The van der Waals surface area contributed by atoms with E-state index < -0.39 is 0 Å². The van der Waals surface area contributed by atoms with Crippen molar-refractivity contribution < 1.29 is 14.3 Å². The molecule has 2 aromatic rings. The number of nitrogens with zero attached hydrogens (tertiary/aromatic N) is 2. The number of benzene rings is 2. The van der Waals surface area contributed by atoms with Crippen molar-refractivity contribution in [1.82, 2.24) is 10.2 Å². The van der Waals surface area contributed by atoms with E-state index in [1.165, 1.54) is 0 Å². The Bertz CT molecular complexity index is 830. The second-order valence-electron chi connectivity index (χ2n) is 6.29. The predicted molar refractivity (Wildman–Crippen MR) is 117 cm³/mol. The van der Waals surface area contributed by atoms with Crippen molar-refractivity contribution in [3.8, 4) is 11.5 Å². The number of methoxy groups -OCH3 is 2. The van der Waals surface area contributed by atoms with E-state index in [2.05, 4.69) is 15.6 Å². The Morgan fingerprint density at radius 2 is 1.66 bits per heavy atom. The molecule has 0 aliphatic heterocycles. The zero-order valence-corrected chi connectivity index (χ0v) is 17.8. The van der Waals surface area contributed by atoms with Gasteiger partial charge in [0.15, 0.2) is 17.5 Å². The van der Waals surface area contributed by atoms with Gasteiger partial charge in [-0.2, -0.15) is 0 Å². The van der Waals surface area contributed by atoms with E-state index in [1.54, 1.807) is 21.3 Å². The van der Waals surface area contributed by atoms with Crippen LogP contribution in [0, 0.1) is 0 Å². The number of ether oxygens (including phenoxy) is 2. The molecule has 2 rings (SSSR count). The van der Waals surface area contributed by atoms with Gasteiger partial charge in [0.05, 0.1) is 14.2 Å². The van der Waals surface area contributed by atoms with Crippen LogP contribution in [0.15, 0.2) is 47.5 Å². The van der Waals surface area contributed by atoms with Crippen LogP contribution < -0.4 is 20.1 Å². The van der Waals surface area contributed by atoms with Gasteiger partial charge in [0.1, 0.15) is 0 Å². The average molecular weight is 399 g/mol. The second-order valence-corrected chi connectivity index (χ2v) is 6.29. The fourth-order valence-electron chi connectivity index (χ4n) is 2.87. The van der Waals surface area contributed by atoms with Crippen molar-refractivity contribution in [2.45, 2.75) is 20.4 Å². The van der Waals surface area contributed by atoms with Crippen LogP contribution in [0.4, 0.5) is 5.69 Å². The number of nitrogens with one attached hydrogen (secondary N) is 2. The van der Waals surface area contributed by atoms with E-state index in [-0.39, 0.29) is 5.91 Å². The first-order chi connectivity index (χ1) is 14.1. The topological polar surface area (TPSA) is 75.2 Å². The minimum Gasteiger partial charge on any atom is -0.493 e. The monoisotopic (exact) mass is 398 g/mol. The SMILES string of the molecule is CCN(CC)C(=O)c1ccc(CNC(=NC)Nc2ccc(OC)c(OC)c2)cc1. The fourth-order valence-corrected chi connectivity index (χ4v) is 2.87. The lowest BCUT2D eigenvalue weighted by atomic mass is 10.1. The number of rotatable bonds is 8. The molecule has 0 saturated carbocycles. The molecule has 2 N–H and O–H groups in total. The number of anilines is 1. The van der Waals surface area contributed by atoms with Crippen molar-refractivity contribution in [3.63, 3.8) is 0 Å². The highest BCUT2D eigenvalue weighted by molar-refractivity contribution is 5.94. The van der Waals surface area contributed by atoms with Gasteiger partial charge in [-0.25, -0.2) is 0 Å². The van der Waals surface area contributed by atoms with Crippen LogP contribution in [0.1, 0.15) is 29.8 Å². The Morgan fingerprint density at radius 1 is 1.00 bits per heavy atom. The van der Waals surface area contributed by atoms with Crippen molar-refractivity contribution in [1.29, 1.82) is 0 Å². The van der Waals surface area contributed by atoms with Gasteiger partial charge in [-0.15, -0.1) is 0 Å². The van der Waals surface area contributed by atoms with Crippen LogP contribution >= 0.6 is 0 Å². The van der Waals surface area contributed by atoms with E-state index >= 15 is 0 Å². The van der Waals surface area contributed by atoms with Gasteiger partial charge in [-0.3, -0.25) is 9.79 Å². The highest BCUT2D eigenvalue weighted by Gasteiger charge is 2.12. The summed E-state index contributed by atoms with van der Waals surface area (Å²) in [5, 5.41) is 6.49. The van der Waals surface area contributed by atoms with Gasteiger partial charge >= 0.3 is 0 Å². The van der Waals surface area contributed by atoms with Crippen molar-refractivity contribution >= 4 is 17.6 Å². The fraction of sp³-hybridized carbons (Fsp3) is 0.364. The maximum Gasteiger partial charge on any atom is 0.253 e. The van der Waals surface area contributed by atoms with Gasteiger partial charge in [0.2, 0.25) is 0 Å². The third-order valence-electron chi connectivity index (χ3n) is 4.58. The molecule has 0 unspecified atom stereocenters. The van der Waals surface area contributed by atoms with E-state index in [1.807, 2.05) is 61.2 Å². The summed E-state index contributed by atoms with van der Waals surface area (Å²) in [4.78, 5) is 18.5. The first kappa shape index (κ1) is 22.1. The third kappa shape index (κ3) is 5.88. The molecule has 156 valence electrons. The maximum atomic E-state index is 12.4. The van der Waals surface area contributed by atoms with Gasteiger partial charge in [-0.1, -0.05) is 12.1 Å². The molecule has 0 atom stereocenters. The number of carbonyl (C=O) groups excluding carboxylic acids is 1. The zero-order valence-electron chi connectivity index (χ0n) is 17.8. The number of hydrogen-bond acceptors (Lipinski definition) is 4. The van der Waals surface area contributed by atoms with E-state index in [9.17, 15) is 4.79 Å². The smallest absolute Gasteiger partial charge is 0.253 e. The largest absolute Gasteiger partial charge is 0.493 e. The summed E-state index contributed by atoms with van der Waals surface area (Å²) in [6.07, 6.45) is 0. The van der Waals surface area contributed by atoms with Gasteiger partial charge in [0.25, 0.3) is 5.91 Å². The molecule has 0 saturated heterocycles. The maximum absolute atomic E-state index is 12.4. The quantitative estimate of drug-likeness (QED) is 0.527. The molecule has 7 nitrogen and oxygen atoms in total. The van der Waals surface area contributed by atoms with E-state index in [0.29, 0.717) is 42.7 Å². The Hall–Kier alpha value is -3.22. The molecular formula is C22H30N4O3. The zero-order chi connectivity index (χ0) is 21.2. The summed E-state index contributed by atoms with van der Waals surface area (Å²) in [6, 6.07) is 13.2. The minimum atomic E-state index is 0.0560. The van der Waals surface area contributed by atoms with Crippen LogP contribution in [0.25, 0.3) is 0 Å².